The lowest BCUT2D eigenvalue weighted by atomic mass is 9.90. The zero-order chi connectivity index (χ0) is 17.9. The summed E-state index contributed by atoms with van der Waals surface area (Å²) in [6, 6.07) is 7.23. The van der Waals surface area contributed by atoms with Gasteiger partial charge >= 0.3 is 12.0 Å². The maximum Gasteiger partial charge on any atom is 0.317 e. The van der Waals surface area contributed by atoms with Crippen molar-refractivity contribution in [3.63, 3.8) is 0 Å². The topological polar surface area (TPSA) is 78.9 Å². The first-order chi connectivity index (χ1) is 11.3. The minimum Gasteiger partial charge on any atom is -0.481 e. The Morgan fingerprint density at radius 2 is 2.00 bits per heavy atom. The number of ether oxygens (including phenoxy) is 1. The molecule has 132 valence electrons. The number of benzene rings is 1. The molecule has 1 saturated heterocycles. The molecule has 3 atom stereocenters. The fourth-order valence-electron chi connectivity index (χ4n) is 2.95. The first-order valence-corrected chi connectivity index (χ1v) is 8.63. The Hall–Kier alpha value is -1.60. The number of carboxylic acids is 1. The Bertz CT molecular complexity index is 607. The van der Waals surface area contributed by atoms with Crippen LogP contribution >= 0.6 is 15.9 Å². The van der Waals surface area contributed by atoms with E-state index in [-0.39, 0.29) is 24.7 Å². The van der Waals surface area contributed by atoms with Gasteiger partial charge in [-0.2, -0.15) is 0 Å². The van der Waals surface area contributed by atoms with Crippen LogP contribution in [0.15, 0.2) is 28.7 Å². The van der Waals surface area contributed by atoms with Crippen molar-refractivity contribution in [2.75, 3.05) is 20.2 Å². The number of hydrogen-bond acceptors (Lipinski definition) is 3. The molecule has 6 nitrogen and oxygen atoms in total. The first kappa shape index (κ1) is 18.7. The number of urea groups is 1. The van der Waals surface area contributed by atoms with Crippen LogP contribution in [-0.2, 0) is 9.53 Å². The van der Waals surface area contributed by atoms with Crippen LogP contribution in [0.25, 0.3) is 0 Å². The van der Waals surface area contributed by atoms with Crippen LogP contribution in [0.5, 0.6) is 0 Å². The molecule has 0 radical (unpaired) electrons. The second-order valence-electron chi connectivity index (χ2n) is 6.48. The highest BCUT2D eigenvalue weighted by atomic mass is 79.9. The van der Waals surface area contributed by atoms with Crippen molar-refractivity contribution in [3.8, 4) is 0 Å². The lowest BCUT2D eigenvalue weighted by Crippen LogP contribution is -2.46. The molecule has 1 aliphatic heterocycles. The third-order valence-corrected chi connectivity index (χ3v) is 5.06. The number of aliphatic carboxylic acids is 1. The molecule has 2 rings (SSSR count). The van der Waals surface area contributed by atoms with E-state index in [4.69, 9.17) is 4.74 Å². The Labute approximate surface area is 150 Å². The minimum atomic E-state index is -0.868. The van der Waals surface area contributed by atoms with E-state index in [1.807, 2.05) is 31.2 Å². The largest absolute Gasteiger partial charge is 0.481 e. The van der Waals surface area contributed by atoms with Crippen molar-refractivity contribution in [2.24, 2.45) is 5.41 Å². The summed E-state index contributed by atoms with van der Waals surface area (Å²) >= 11 is 3.40. The molecule has 0 spiro atoms. The highest BCUT2D eigenvalue weighted by Gasteiger charge is 2.42. The van der Waals surface area contributed by atoms with E-state index in [1.54, 1.807) is 18.9 Å². The molecule has 24 heavy (non-hydrogen) atoms. The van der Waals surface area contributed by atoms with Gasteiger partial charge in [0.2, 0.25) is 0 Å². The number of carbonyl (C=O) groups excluding carboxylic acids is 1. The van der Waals surface area contributed by atoms with E-state index in [0.717, 1.165) is 10.0 Å². The summed E-state index contributed by atoms with van der Waals surface area (Å²) in [6.07, 6.45) is 0.181. The third-order valence-electron chi connectivity index (χ3n) is 4.53. The van der Waals surface area contributed by atoms with Crippen LogP contribution < -0.4 is 5.32 Å². The van der Waals surface area contributed by atoms with Crippen LogP contribution in [0.2, 0.25) is 0 Å². The fraction of sp³-hybridized carbons (Fsp3) is 0.529. The van der Waals surface area contributed by atoms with Crippen LogP contribution in [0.4, 0.5) is 4.79 Å². The fourth-order valence-corrected chi connectivity index (χ4v) is 3.22. The number of halogens is 1. The third kappa shape index (κ3) is 4.08. The average Bonchev–Trinajstić information content (AvgIpc) is 2.94. The number of rotatable bonds is 5. The maximum absolute atomic E-state index is 12.4. The van der Waals surface area contributed by atoms with E-state index in [0.29, 0.717) is 13.0 Å². The number of likely N-dealkylation sites (tertiary alicyclic amines) is 1. The summed E-state index contributed by atoms with van der Waals surface area (Å²) in [4.78, 5) is 25.3. The molecular weight excluding hydrogens is 376 g/mol. The predicted octanol–water partition coefficient (Wildman–Crippen LogP) is 3.03. The van der Waals surface area contributed by atoms with Gasteiger partial charge in [0.1, 0.15) is 6.10 Å². The number of nitrogens with zero attached hydrogens (tertiary/aromatic N) is 1. The molecule has 7 heteroatoms. The van der Waals surface area contributed by atoms with Crippen molar-refractivity contribution in [3.05, 3.63) is 34.3 Å². The molecule has 1 aromatic carbocycles. The number of nitrogens with one attached hydrogen (secondary N) is 1. The number of amides is 2. The summed E-state index contributed by atoms with van der Waals surface area (Å²) in [5.74, 6) is -0.865. The zero-order valence-electron chi connectivity index (χ0n) is 14.1. The van der Waals surface area contributed by atoms with Crippen molar-refractivity contribution < 1.29 is 19.4 Å². The van der Waals surface area contributed by atoms with Gasteiger partial charge in [-0.05, 0) is 38.0 Å². The monoisotopic (exact) mass is 398 g/mol. The molecular formula is C17H23BrN2O4. The highest BCUT2D eigenvalue weighted by Crippen LogP contribution is 2.30. The second kappa shape index (κ2) is 7.53. The second-order valence-corrected chi connectivity index (χ2v) is 7.40. The van der Waals surface area contributed by atoms with Gasteiger partial charge in [-0.3, -0.25) is 4.79 Å². The van der Waals surface area contributed by atoms with Crippen LogP contribution in [0, 0.1) is 5.41 Å². The van der Waals surface area contributed by atoms with Gasteiger partial charge in [0.25, 0.3) is 0 Å². The van der Waals surface area contributed by atoms with Gasteiger partial charge in [-0.25, -0.2) is 4.79 Å². The van der Waals surface area contributed by atoms with E-state index in [9.17, 15) is 14.7 Å². The van der Waals surface area contributed by atoms with Gasteiger partial charge in [-0.1, -0.05) is 28.1 Å². The summed E-state index contributed by atoms with van der Waals surface area (Å²) < 4.78 is 6.51. The lowest BCUT2D eigenvalue weighted by molar-refractivity contribution is -0.147. The van der Waals surface area contributed by atoms with Crippen molar-refractivity contribution in [2.45, 2.75) is 32.4 Å². The molecule has 0 aliphatic carbocycles. The Balaban J connectivity index is 2.00. The predicted molar refractivity (Wildman–Crippen MR) is 93.8 cm³/mol. The zero-order valence-corrected chi connectivity index (χ0v) is 15.7. The van der Waals surface area contributed by atoms with Crippen molar-refractivity contribution in [1.29, 1.82) is 0 Å². The average molecular weight is 399 g/mol. The first-order valence-electron chi connectivity index (χ1n) is 7.84. The number of methoxy groups -OCH3 is 1. The van der Waals surface area contributed by atoms with E-state index < -0.39 is 11.4 Å². The maximum atomic E-state index is 12.4. The van der Waals surface area contributed by atoms with Crippen LogP contribution in [0.1, 0.15) is 31.9 Å². The van der Waals surface area contributed by atoms with E-state index >= 15 is 0 Å². The standard InChI is InChI=1S/C17H23BrN2O4/c1-11(14(24-3)12-4-6-13(18)7-5-12)19-16(23)20-9-8-17(2,10-20)15(21)22/h4-7,11,14H,8-10H2,1-3H3,(H,19,23)(H,21,22). The molecule has 2 amide bonds. The smallest absolute Gasteiger partial charge is 0.317 e. The molecule has 0 bridgehead atoms. The minimum absolute atomic E-state index is 0.219. The van der Waals surface area contributed by atoms with Crippen LogP contribution in [-0.4, -0.2) is 48.2 Å². The molecule has 2 N–H and O–H groups in total. The summed E-state index contributed by atoms with van der Waals surface area (Å²) in [5.41, 5.74) is 0.0951. The van der Waals surface area contributed by atoms with E-state index in [1.165, 1.54) is 0 Å². The molecule has 0 saturated carbocycles. The quantitative estimate of drug-likeness (QED) is 0.798. The van der Waals surface area contributed by atoms with Crippen molar-refractivity contribution in [1.82, 2.24) is 10.2 Å². The van der Waals surface area contributed by atoms with Gasteiger partial charge in [-0.15, -0.1) is 0 Å². The number of carboxylic acid groups (broad SMARTS) is 1. The molecule has 3 unspecified atom stereocenters. The molecule has 1 heterocycles. The van der Waals surface area contributed by atoms with Gasteiger partial charge in [0.05, 0.1) is 11.5 Å². The molecule has 1 fully saturated rings. The number of carbonyl (C=O) groups is 2. The SMILES string of the molecule is COC(c1ccc(Br)cc1)C(C)NC(=O)N1CCC(C)(C(=O)O)C1. The molecule has 0 aromatic heterocycles. The van der Waals surface area contributed by atoms with Gasteiger partial charge < -0.3 is 20.1 Å². The Kier molecular flexibility index (Phi) is 5.87. The van der Waals surface area contributed by atoms with Gasteiger partial charge in [0.15, 0.2) is 0 Å². The lowest BCUT2D eigenvalue weighted by Gasteiger charge is -2.27. The van der Waals surface area contributed by atoms with E-state index in [2.05, 4.69) is 21.2 Å². The highest BCUT2D eigenvalue weighted by molar-refractivity contribution is 9.10. The number of hydrogen-bond donors (Lipinski definition) is 2. The summed E-state index contributed by atoms with van der Waals surface area (Å²) in [5, 5.41) is 12.2. The molecule has 1 aliphatic rings. The summed E-state index contributed by atoms with van der Waals surface area (Å²) in [6.45, 7) is 4.21. The Morgan fingerprint density at radius 1 is 1.38 bits per heavy atom. The van der Waals surface area contributed by atoms with Crippen molar-refractivity contribution >= 4 is 27.9 Å². The summed E-state index contributed by atoms with van der Waals surface area (Å²) in [7, 11) is 1.60. The van der Waals surface area contributed by atoms with Gasteiger partial charge in [0, 0.05) is 24.7 Å². The normalized spacial score (nSPS) is 22.9. The van der Waals surface area contributed by atoms with Crippen LogP contribution in [0.3, 0.4) is 0 Å². The Morgan fingerprint density at radius 3 is 2.50 bits per heavy atom. The molecule has 1 aromatic rings.